The average Bonchev–Trinajstić information content (AvgIpc) is 2.53. The molecule has 0 radical (unpaired) electrons. The molecule has 0 bridgehead atoms. The summed E-state index contributed by atoms with van der Waals surface area (Å²) in [6.45, 7) is 2.14. The van der Waals surface area contributed by atoms with Crippen molar-refractivity contribution >= 4 is 17.1 Å². The quantitative estimate of drug-likeness (QED) is 0.670. The zero-order valence-electron chi connectivity index (χ0n) is 7.88. The van der Waals surface area contributed by atoms with Crippen LogP contribution >= 0.6 is 11.3 Å². The lowest BCUT2D eigenvalue weighted by atomic mass is 9.85. The van der Waals surface area contributed by atoms with Crippen molar-refractivity contribution < 1.29 is 4.79 Å². The number of carbonyl (C=O) groups is 1. The minimum atomic E-state index is 0.447. The van der Waals surface area contributed by atoms with E-state index in [1.165, 1.54) is 10.4 Å². The molecule has 0 spiro atoms. The van der Waals surface area contributed by atoms with Gasteiger partial charge >= 0.3 is 0 Å². The summed E-state index contributed by atoms with van der Waals surface area (Å²) in [7, 11) is 0. The van der Waals surface area contributed by atoms with Crippen LogP contribution in [0.4, 0.5) is 0 Å². The van der Waals surface area contributed by atoms with Crippen LogP contribution in [0.15, 0.2) is 11.4 Å². The SMILES string of the molecule is Cc1cc(C2CCC(=O)CC2)cs1. The van der Waals surface area contributed by atoms with Crippen LogP contribution in [0, 0.1) is 6.92 Å². The van der Waals surface area contributed by atoms with Crippen LogP contribution in [-0.2, 0) is 4.79 Å². The maximum Gasteiger partial charge on any atom is 0.132 e. The first-order valence-corrected chi connectivity index (χ1v) is 5.70. The zero-order valence-corrected chi connectivity index (χ0v) is 8.69. The van der Waals surface area contributed by atoms with Crippen molar-refractivity contribution in [1.82, 2.24) is 0 Å². The number of hydrogen-bond donors (Lipinski definition) is 0. The fourth-order valence-electron chi connectivity index (χ4n) is 1.95. The standard InChI is InChI=1S/C11H14OS/c1-8-6-10(7-13-8)9-2-4-11(12)5-3-9/h6-7,9H,2-5H2,1H3. The van der Waals surface area contributed by atoms with Gasteiger partial charge in [-0.2, -0.15) is 0 Å². The number of hydrogen-bond acceptors (Lipinski definition) is 2. The van der Waals surface area contributed by atoms with Crippen molar-refractivity contribution in [3.05, 3.63) is 21.9 Å². The minimum absolute atomic E-state index is 0.447. The number of ketones is 1. The van der Waals surface area contributed by atoms with Crippen molar-refractivity contribution in [2.45, 2.75) is 38.5 Å². The fraction of sp³-hybridized carbons (Fsp3) is 0.545. The van der Waals surface area contributed by atoms with Gasteiger partial charge in [-0.15, -0.1) is 11.3 Å². The molecule has 0 amide bonds. The smallest absolute Gasteiger partial charge is 0.132 e. The molecule has 0 aliphatic heterocycles. The van der Waals surface area contributed by atoms with E-state index in [-0.39, 0.29) is 0 Å². The van der Waals surface area contributed by atoms with Gasteiger partial charge in [-0.25, -0.2) is 0 Å². The van der Waals surface area contributed by atoms with Crippen LogP contribution in [0.2, 0.25) is 0 Å². The van der Waals surface area contributed by atoms with E-state index in [0.29, 0.717) is 11.7 Å². The highest BCUT2D eigenvalue weighted by Gasteiger charge is 2.20. The van der Waals surface area contributed by atoms with Gasteiger partial charge in [-0.1, -0.05) is 0 Å². The van der Waals surface area contributed by atoms with Crippen LogP contribution in [0.3, 0.4) is 0 Å². The van der Waals surface area contributed by atoms with Crippen LogP contribution in [0.1, 0.15) is 42.0 Å². The molecule has 13 heavy (non-hydrogen) atoms. The van der Waals surface area contributed by atoms with E-state index in [9.17, 15) is 4.79 Å². The first-order chi connectivity index (χ1) is 6.25. The molecule has 1 nitrogen and oxygen atoms in total. The Bertz CT molecular complexity index is 304. The number of Topliss-reactive ketones (excluding diaryl/α,β-unsaturated/α-hetero) is 1. The summed E-state index contributed by atoms with van der Waals surface area (Å²) < 4.78 is 0. The van der Waals surface area contributed by atoms with E-state index in [2.05, 4.69) is 18.4 Å². The third-order valence-electron chi connectivity index (χ3n) is 2.77. The van der Waals surface area contributed by atoms with Gasteiger partial charge in [0.25, 0.3) is 0 Å². The molecule has 1 saturated carbocycles. The normalized spacial score (nSPS) is 19.3. The van der Waals surface area contributed by atoms with E-state index >= 15 is 0 Å². The molecular weight excluding hydrogens is 180 g/mol. The molecule has 1 aliphatic rings. The average molecular weight is 194 g/mol. The second-order valence-electron chi connectivity index (χ2n) is 3.80. The van der Waals surface area contributed by atoms with Gasteiger partial charge in [0.1, 0.15) is 5.78 Å². The van der Waals surface area contributed by atoms with Crippen molar-refractivity contribution in [1.29, 1.82) is 0 Å². The Morgan fingerprint density at radius 3 is 2.62 bits per heavy atom. The molecule has 1 aromatic rings. The van der Waals surface area contributed by atoms with E-state index in [1.54, 1.807) is 0 Å². The Labute approximate surface area is 82.8 Å². The van der Waals surface area contributed by atoms with Gasteiger partial charge < -0.3 is 0 Å². The van der Waals surface area contributed by atoms with Crippen molar-refractivity contribution in [3.63, 3.8) is 0 Å². The third kappa shape index (κ3) is 1.99. The molecule has 0 unspecified atom stereocenters. The Morgan fingerprint density at radius 2 is 2.08 bits per heavy atom. The van der Waals surface area contributed by atoms with E-state index in [0.717, 1.165) is 25.7 Å². The predicted molar refractivity (Wildman–Crippen MR) is 55.3 cm³/mol. The van der Waals surface area contributed by atoms with Crippen LogP contribution in [0.25, 0.3) is 0 Å². The van der Waals surface area contributed by atoms with Gasteiger partial charge in [-0.05, 0) is 42.7 Å². The van der Waals surface area contributed by atoms with Crippen LogP contribution in [-0.4, -0.2) is 5.78 Å². The number of carbonyl (C=O) groups excluding carboxylic acids is 1. The monoisotopic (exact) mass is 194 g/mol. The maximum atomic E-state index is 11.0. The summed E-state index contributed by atoms with van der Waals surface area (Å²) in [5.74, 6) is 1.10. The summed E-state index contributed by atoms with van der Waals surface area (Å²) in [4.78, 5) is 12.4. The lowest BCUT2D eigenvalue weighted by Crippen LogP contribution is -2.11. The summed E-state index contributed by atoms with van der Waals surface area (Å²) in [5.41, 5.74) is 1.45. The first-order valence-electron chi connectivity index (χ1n) is 4.82. The van der Waals surface area contributed by atoms with Gasteiger partial charge in [0.2, 0.25) is 0 Å². The highest BCUT2D eigenvalue weighted by molar-refractivity contribution is 7.10. The molecule has 0 aromatic carbocycles. The molecule has 70 valence electrons. The highest BCUT2D eigenvalue weighted by Crippen LogP contribution is 2.33. The summed E-state index contributed by atoms with van der Waals surface area (Å²) in [6.07, 6.45) is 3.71. The predicted octanol–water partition coefficient (Wildman–Crippen LogP) is 3.28. The Morgan fingerprint density at radius 1 is 1.38 bits per heavy atom. The Balaban J connectivity index is 2.06. The Hall–Kier alpha value is -0.630. The van der Waals surface area contributed by atoms with Gasteiger partial charge in [-0.3, -0.25) is 4.79 Å². The molecule has 1 heterocycles. The summed E-state index contributed by atoms with van der Waals surface area (Å²) >= 11 is 1.81. The second kappa shape index (κ2) is 3.62. The van der Waals surface area contributed by atoms with Crippen LogP contribution in [0.5, 0.6) is 0 Å². The van der Waals surface area contributed by atoms with Crippen molar-refractivity contribution in [2.24, 2.45) is 0 Å². The molecular formula is C11H14OS. The van der Waals surface area contributed by atoms with Gasteiger partial charge in [0, 0.05) is 17.7 Å². The lowest BCUT2D eigenvalue weighted by Gasteiger charge is -2.19. The molecule has 0 N–H and O–H groups in total. The van der Waals surface area contributed by atoms with E-state index < -0.39 is 0 Å². The molecule has 1 aromatic heterocycles. The van der Waals surface area contributed by atoms with Crippen LogP contribution < -0.4 is 0 Å². The van der Waals surface area contributed by atoms with E-state index in [4.69, 9.17) is 0 Å². The Kier molecular flexibility index (Phi) is 2.49. The number of aryl methyl sites for hydroxylation is 1. The molecule has 2 heteroatoms. The van der Waals surface area contributed by atoms with Gasteiger partial charge in [0.15, 0.2) is 0 Å². The molecule has 0 saturated heterocycles. The highest BCUT2D eigenvalue weighted by atomic mass is 32.1. The molecule has 1 aliphatic carbocycles. The zero-order chi connectivity index (χ0) is 9.26. The minimum Gasteiger partial charge on any atom is -0.300 e. The summed E-state index contributed by atoms with van der Waals surface area (Å²) in [6, 6.07) is 2.27. The van der Waals surface area contributed by atoms with Crippen molar-refractivity contribution in [2.75, 3.05) is 0 Å². The van der Waals surface area contributed by atoms with E-state index in [1.807, 2.05) is 11.3 Å². The largest absolute Gasteiger partial charge is 0.300 e. The fourth-order valence-corrected chi connectivity index (χ4v) is 2.74. The number of rotatable bonds is 1. The second-order valence-corrected chi connectivity index (χ2v) is 4.92. The van der Waals surface area contributed by atoms with Crippen molar-refractivity contribution in [3.8, 4) is 0 Å². The number of thiophene rings is 1. The van der Waals surface area contributed by atoms with Gasteiger partial charge in [0.05, 0.1) is 0 Å². The summed E-state index contributed by atoms with van der Waals surface area (Å²) in [5, 5.41) is 2.25. The topological polar surface area (TPSA) is 17.1 Å². The first kappa shape index (κ1) is 8.95. The molecule has 2 rings (SSSR count). The third-order valence-corrected chi connectivity index (χ3v) is 3.65. The lowest BCUT2D eigenvalue weighted by molar-refractivity contribution is -0.120. The molecule has 0 atom stereocenters. The molecule has 1 fully saturated rings. The maximum absolute atomic E-state index is 11.0.